The third-order valence-corrected chi connectivity index (χ3v) is 3.47. The predicted octanol–water partition coefficient (Wildman–Crippen LogP) is 2.55. The lowest BCUT2D eigenvalue weighted by atomic mass is 10.0. The van der Waals surface area contributed by atoms with Crippen LogP contribution in [-0.2, 0) is 10.5 Å². The Morgan fingerprint density at radius 2 is 2.37 bits per heavy atom. The maximum absolute atomic E-state index is 11.7. The molecule has 5 heteroatoms. The zero-order chi connectivity index (χ0) is 14.1. The second-order valence-corrected chi connectivity index (χ2v) is 5.46. The number of carbonyl (C=O) groups is 1. The summed E-state index contributed by atoms with van der Waals surface area (Å²) >= 11 is 1.50. The molecule has 1 aromatic heterocycles. The van der Waals surface area contributed by atoms with E-state index in [9.17, 15) is 4.79 Å². The van der Waals surface area contributed by atoms with E-state index in [1.807, 2.05) is 26.0 Å². The highest BCUT2D eigenvalue weighted by atomic mass is 32.2. The summed E-state index contributed by atoms with van der Waals surface area (Å²) in [5, 5.41) is 13.6. The molecule has 19 heavy (non-hydrogen) atoms. The molecule has 1 amide bonds. The van der Waals surface area contributed by atoms with Crippen molar-refractivity contribution in [3.8, 4) is 0 Å². The van der Waals surface area contributed by atoms with E-state index in [2.05, 4.69) is 5.32 Å². The highest BCUT2D eigenvalue weighted by molar-refractivity contribution is 8.01. The first-order chi connectivity index (χ1) is 9.13. The van der Waals surface area contributed by atoms with Gasteiger partial charge in [-0.05, 0) is 29.9 Å². The number of rotatable bonds is 8. The number of carbonyl (C=O) groups excluding carboxylic acids is 1. The molecule has 1 unspecified atom stereocenters. The summed E-state index contributed by atoms with van der Waals surface area (Å²) in [5.74, 6) is 1.77. The van der Waals surface area contributed by atoms with E-state index >= 15 is 0 Å². The number of furan rings is 1. The van der Waals surface area contributed by atoms with E-state index in [-0.39, 0.29) is 18.6 Å². The fraction of sp³-hybridized carbons (Fsp3) is 0.500. The van der Waals surface area contributed by atoms with Gasteiger partial charge in [-0.25, -0.2) is 0 Å². The van der Waals surface area contributed by atoms with Crippen molar-refractivity contribution < 1.29 is 14.3 Å². The molecule has 1 heterocycles. The molecule has 0 saturated carbocycles. The van der Waals surface area contributed by atoms with Crippen molar-refractivity contribution in [3.05, 3.63) is 35.6 Å². The van der Waals surface area contributed by atoms with Crippen LogP contribution in [0.1, 0.15) is 26.0 Å². The number of amides is 1. The van der Waals surface area contributed by atoms with Gasteiger partial charge < -0.3 is 14.8 Å². The lowest BCUT2D eigenvalue weighted by molar-refractivity contribution is -0.117. The Morgan fingerprint density at radius 1 is 1.58 bits per heavy atom. The van der Waals surface area contributed by atoms with Crippen molar-refractivity contribution in [1.29, 1.82) is 0 Å². The van der Waals surface area contributed by atoms with Crippen molar-refractivity contribution in [2.24, 2.45) is 5.92 Å². The van der Waals surface area contributed by atoms with Gasteiger partial charge in [-0.15, -0.1) is 11.8 Å². The molecule has 0 aliphatic rings. The number of hydrogen-bond donors (Lipinski definition) is 2. The largest absolute Gasteiger partial charge is 0.468 e. The van der Waals surface area contributed by atoms with Crippen LogP contribution in [0.25, 0.3) is 0 Å². The van der Waals surface area contributed by atoms with Crippen LogP contribution < -0.4 is 5.32 Å². The van der Waals surface area contributed by atoms with Crippen LogP contribution >= 0.6 is 11.8 Å². The third-order valence-electron chi connectivity index (χ3n) is 2.69. The monoisotopic (exact) mass is 283 g/mol. The summed E-state index contributed by atoms with van der Waals surface area (Å²) in [5.41, 5.74) is 0. The summed E-state index contributed by atoms with van der Waals surface area (Å²) in [7, 11) is 0. The third kappa shape index (κ3) is 6.50. The number of thioether (sulfide) groups is 1. The van der Waals surface area contributed by atoms with Crippen molar-refractivity contribution >= 4 is 17.7 Å². The molecule has 0 fully saturated rings. The minimum absolute atomic E-state index is 0.0113. The van der Waals surface area contributed by atoms with Crippen molar-refractivity contribution in [2.45, 2.75) is 32.1 Å². The molecule has 1 aromatic rings. The van der Waals surface area contributed by atoms with Gasteiger partial charge in [0.05, 0.1) is 12.0 Å². The normalized spacial score (nSPS) is 13.1. The fourth-order valence-electron chi connectivity index (χ4n) is 1.58. The van der Waals surface area contributed by atoms with Crippen LogP contribution in [0.4, 0.5) is 0 Å². The van der Waals surface area contributed by atoms with Crippen LogP contribution in [0.15, 0.2) is 34.3 Å². The van der Waals surface area contributed by atoms with E-state index < -0.39 is 0 Å². The summed E-state index contributed by atoms with van der Waals surface area (Å²) in [4.78, 5) is 11.7. The van der Waals surface area contributed by atoms with Gasteiger partial charge in [0.15, 0.2) is 0 Å². The first-order valence-electron chi connectivity index (χ1n) is 6.35. The Labute approximate surface area is 118 Å². The van der Waals surface area contributed by atoms with Gasteiger partial charge in [-0.1, -0.05) is 13.8 Å². The summed E-state index contributed by atoms with van der Waals surface area (Å²) in [6.07, 6.45) is 3.73. The van der Waals surface area contributed by atoms with E-state index in [1.54, 1.807) is 11.7 Å². The first kappa shape index (κ1) is 15.9. The molecule has 0 spiro atoms. The molecule has 2 N–H and O–H groups in total. The van der Waals surface area contributed by atoms with E-state index in [4.69, 9.17) is 9.52 Å². The highest BCUT2D eigenvalue weighted by Gasteiger charge is 2.13. The fourth-order valence-corrected chi connectivity index (χ4v) is 2.22. The average Bonchev–Trinajstić information content (AvgIpc) is 2.87. The van der Waals surface area contributed by atoms with Crippen LogP contribution in [0.2, 0.25) is 0 Å². The molecule has 1 rings (SSSR count). The number of hydrogen-bond acceptors (Lipinski definition) is 4. The SMILES string of the molecule is CC(C)C(CCO)NC(=O)/C=C/SCc1ccco1. The van der Waals surface area contributed by atoms with Gasteiger partial charge in [-0.3, -0.25) is 4.79 Å². The average molecular weight is 283 g/mol. The van der Waals surface area contributed by atoms with Gasteiger partial charge >= 0.3 is 0 Å². The Bertz CT molecular complexity index is 387. The van der Waals surface area contributed by atoms with Crippen molar-refractivity contribution in [2.75, 3.05) is 6.61 Å². The molecule has 106 valence electrons. The molecular weight excluding hydrogens is 262 g/mol. The quantitative estimate of drug-likeness (QED) is 0.720. The minimum atomic E-state index is -0.126. The lowest BCUT2D eigenvalue weighted by Crippen LogP contribution is -2.38. The molecule has 0 bridgehead atoms. The Morgan fingerprint density at radius 3 is 2.95 bits per heavy atom. The van der Waals surface area contributed by atoms with Crippen LogP contribution in [0.3, 0.4) is 0 Å². The van der Waals surface area contributed by atoms with Gasteiger partial charge in [0.2, 0.25) is 5.91 Å². The number of aliphatic hydroxyl groups excluding tert-OH is 1. The van der Waals surface area contributed by atoms with Crippen LogP contribution in [0, 0.1) is 5.92 Å². The van der Waals surface area contributed by atoms with E-state index in [1.165, 1.54) is 17.8 Å². The number of aliphatic hydroxyl groups is 1. The molecule has 0 aromatic carbocycles. The van der Waals surface area contributed by atoms with Gasteiger partial charge in [0.1, 0.15) is 5.76 Å². The minimum Gasteiger partial charge on any atom is -0.468 e. The summed E-state index contributed by atoms with van der Waals surface area (Å²) in [6, 6.07) is 3.75. The Kier molecular flexibility index (Phi) is 7.36. The second-order valence-electron chi connectivity index (χ2n) is 4.56. The van der Waals surface area contributed by atoms with Gasteiger partial charge in [0, 0.05) is 18.7 Å². The van der Waals surface area contributed by atoms with Crippen molar-refractivity contribution in [3.63, 3.8) is 0 Å². The van der Waals surface area contributed by atoms with Gasteiger partial charge in [0.25, 0.3) is 0 Å². The first-order valence-corrected chi connectivity index (χ1v) is 7.40. The summed E-state index contributed by atoms with van der Waals surface area (Å²) < 4.78 is 5.19. The van der Waals surface area contributed by atoms with Crippen LogP contribution in [-0.4, -0.2) is 23.7 Å². The zero-order valence-corrected chi connectivity index (χ0v) is 12.2. The molecule has 0 saturated heterocycles. The molecule has 0 radical (unpaired) electrons. The Balaban J connectivity index is 2.29. The zero-order valence-electron chi connectivity index (χ0n) is 11.3. The molecule has 4 nitrogen and oxygen atoms in total. The molecule has 0 aliphatic heterocycles. The molecule has 1 atom stereocenters. The van der Waals surface area contributed by atoms with E-state index in [0.717, 1.165) is 5.76 Å². The topological polar surface area (TPSA) is 62.5 Å². The maximum Gasteiger partial charge on any atom is 0.244 e. The summed E-state index contributed by atoms with van der Waals surface area (Å²) in [6.45, 7) is 4.13. The highest BCUT2D eigenvalue weighted by Crippen LogP contribution is 2.13. The maximum atomic E-state index is 11.7. The number of nitrogens with one attached hydrogen (secondary N) is 1. The molecule has 0 aliphatic carbocycles. The van der Waals surface area contributed by atoms with Gasteiger partial charge in [-0.2, -0.15) is 0 Å². The lowest BCUT2D eigenvalue weighted by Gasteiger charge is -2.20. The molecular formula is C14H21NO3S. The smallest absolute Gasteiger partial charge is 0.244 e. The second kappa shape index (κ2) is 8.82. The predicted molar refractivity (Wildman–Crippen MR) is 77.6 cm³/mol. The Hall–Kier alpha value is -1.20. The van der Waals surface area contributed by atoms with E-state index in [0.29, 0.717) is 18.1 Å². The van der Waals surface area contributed by atoms with Crippen molar-refractivity contribution in [1.82, 2.24) is 5.32 Å². The standard InChI is InChI=1S/C14H21NO3S/c1-11(2)13(5-7-16)15-14(17)6-9-19-10-12-4-3-8-18-12/h3-4,6,8-9,11,13,16H,5,7,10H2,1-2H3,(H,15,17)/b9-6+. The van der Waals surface area contributed by atoms with Crippen LogP contribution in [0.5, 0.6) is 0 Å².